The molecule has 1 unspecified atom stereocenters. The first-order chi connectivity index (χ1) is 8.79. The number of carbonyl (C=O) groups excluding carboxylic acids is 1. The van der Waals surface area contributed by atoms with Crippen molar-refractivity contribution in [3.05, 3.63) is 15.8 Å². The van der Waals surface area contributed by atoms with E-state index in [4.69, 9.17) is 5.11 Å². The minimum atomic E-state index is -3.78. The van der Waals surface area contributed by atoms with Crippen LogP contribution < -0.4 is 4.72 Å². The highest BCUT2D eigenvalue weighted by atomic mass is 32.2. The quantitative estimate of drug-likeness (QED) is 0.762. The van der Waals surface area contributed by atoms with Gasteiger partial charge in [0.15, 0.2) is 0 Å². The van der Waals surface area contributed by atoms with E-state index in [2.05, 4.69) is 9.46 Å². The smallest absolute Gasteiger partial charge is 0.349 e. The fourth-order valence-corrected chi connectivity index (χ4v) is 4.22. The summed E-state index contributed by atoms with van der Waals surface area (Å²) in [5.41, 5.74) is 0.495. The van der Waals surface area contributed by atoms with Crippen molar-refractivity contribution in [2.75, 3.05) is 13.7 Å². The molecular weight excluding hydrogens is 290 g/mol. The largest absolute Gasteiger partial charge is 0.465 e. The summed E-state index contributed by atoms with van der Waals surface area (Å²) < 4.78 is 31.2. The Hall–Kier alpha value is -0.960. The van der Waals surface area contributed by atoms with Gasteiger partial charge in [0.1, 0.15) is 9.77 Å². The summed E-state index contributed by atoms with van der Waals surface area (Å²) in [6.07, 6.45) is -0.290. The number of esters is 1. The van der Waals surface area contributed by atoms with Crippen molar-refractivity contribution in [1.29, 1.82) is 0 Å². The Morgan fingerprint density at radius 2 is 2.21 bits per heavy atom. The highest BCUT2D eigenvalue weighted by Gasteiger charge is 2.27. The van der Waals surface area contributed by atoms with Gasteiger partial charge < -0.3 is 9.84 Å². The van der Waals surface area contributed by atoms with Crippen LogP contribution in [0.5, 0.6) is 0 Å². The molecule has 0 saturated carbocycles. The number of nitrogens with one attached hydrogen (secondary N) is 1. The maximum absolute atomic E-state index is 12.1. The minimum Gasteiger partial charge on any atom is -0.465 e. The number of hydrogen-bond acceptors (Lipinski definition) is 6. The summed E-state index contributed by atoms with van der Waals surface area (Å²) in [5.74, 6) is -0.672. The van der Waals surface area contributed by atoms with Gasteiger partial charge in [-0.25, -0.2) is 17.9 Å². The zero-order valence-corrected chi connectivity index (χ0v) is 12.6. The maximum atomic E-state index is 12.1. The van der Waals surface area contributed by atoms with Crippen LogP contribution in [0.1, 0.15) is 28.6 Å². The summed E-state index contributed by atoms with van der Waals surface area (Å²) in [6, 6.07) is 0. The first-order valence-corrected chi connectivity index (χ1v) is 8.00. The monoisotopic (exact) mass is 307 g/mol. The van der Waals surface area contributed by atoms with Gasteiger partial charge in [0.05, 0.1) is 13.2 Å². The Bertz CT molecular complexity index is 547. The Labute approximate surface area is 116 Å². The molecule has 0 bridgehead atoms. The molecule has 2 N–H and O–H groups in total. The molecule has 0 aliphatic heterocycles. The number of sulfonamides is 1. The van der Waals surface area contributed by atoms with E-state index in [1.807, 2.05) is 0 Å². The molecule has 0 saturated heterocycles. The van der Waals surface area contributed by atoms with E-state index in [0.717, 1.165) is 11.3 Å². The Balaban J connectivity index is 3.01. The zero-order valence-electron chi connectivity index (χ0n) is 11.0. The third-order valence-corrected chi connectivity index (χ3v) is 5.27. The lowest BCUT2D eigenvalue weighted by atomic mass is 10.3. The van der Waals surface area contributed by atoms with Crippen LogP contribution in [0.4, 0.5) is 0 Å². The zero-order chi connectivity index (χ0) is 14.6. The predicted molar refractivity (Wildman–Crippen MR) is 71.9 cm³/mol. The van der Waals surface area contributed by atoms with E-state index in [9.17, 15) is 13.2 Å². The van der Waals surface area contributed by atoms with Gasteiger partial charge in [-0.05, 0) is 31.2 Å². The van der Waals surface area contributed by atoms with Crippen molar-refractivity contribution in [3.63, 3.8) is 0 Å². The lowest BCUT2D eigenvalue weighted by Gasteiger charge is -2.09. The molecule has 0 radical (unpaired) electrons. The van der Waals surface area contributed by atoms with Crippen LogP contribution in [0.2, 0.25) is 0 Å². The third-order valence-electron chi connectivity index (χ3n) is 2.41. The number of aryl methyl sites for hydroxylation is 1. The normalized spacial score (nSPS) is 13.3. The molecule has 1 rings (SSSR count). The van der Waals surface area contributed by atoms with Gasteiger partial charge in [-0.3, -0.25) is 0 Å². The highest BCUT2D eigenvalue weighted by molar-refractivity contribution is 7.89. The molecule has 1 aromatic rings. The van der Waals surface area contributed by atoms with Gasteiger partial charge in [0.2, 0.25) is 10.0 Å². The van der Waals surface area contributed by atoms with Gasteiger partial charge in [-0.1, -0.05) is 0 Å². The minimum absolute atomic E-state index is 0.0463. The topological polar surface area (TPSA) is 92.7 Å². The van der Waals surface area contributed by atoms with Crippen LogP contribution in [0, 0.1) is 6.92 Å². The average Bonchev–Trinajstić information content (AvgIpc) is 2.70. The molecule has 0 aliphatic rings. The molecule has 0 spiro atoms. The maximum Gasteiger partial charge on any atom is 0.349 e. The van der Waals surface area contributed by atoms with Crippen LogP contribution in [0.25, 0.3) is 0 Å². The van der Waals surface area contributed by atoms with Crippen molar-refractivity contribution < 1.29 is 23.1 Å². The first-order valence-electron chi connectivity index (χ1n) is 5.63. The number of aliphatic hydroxyl groups is 1. The molecule has 1 atom stereocenters. The van der Waals surface area contributed by atoms with E-state index in [-0.39, 0.29) is 16.3 Å². The van der Waals surface area contributed by atoms with Crippen LogP contribution >= 0.6 is 11.3 Å². The highest BCUT2D eigenvalue weighted by Crippen LogP contribution is 2.27. The average molecular weight is 307 g/mol. The van der Waals surface area contributed by atoms with E-state index < -0.39 is 22.1 Å². The summed E-state index contributed by atoms with van der Waals surface area (Å²) in [7, 11) is -2.58. The predicted octanol–water partition coefficient (Wildman–Crippen LogP) is 0.892. The third kappa shape index (κ3) is 4.00. The molecule has 0 aromatic carbocycles. The molecule has 0 fully saturated rings. The van der Waals surface area contributed by atoms with E-state index in [0.29, 0.717) is 12.0 Å². The van der Waals surface area contributed by atoms with Crippen molar-refractivity contribution in [2.24, 2.45) is 0 Å². The van der Waals surface area contributed by atoms with Gasteiger partial charge in [-0.2, -0.15) is 0 Å². The first kappa shape index (κ1) is 16.1. The van der Waals surface area contributed by atoms with E-state index in [1.165, 1.54) is 7.11 Å². The van der Waals surface area contributed by atoms with Gasteiger partial charge in [0.25, 0.3) is 0 Å². The second-order valence-corrected chi connectivity index (χ2v) is 6.69. The number of thiophene rings is 1. The molecule has 0 aliphatic carbocycles. The lowest BCUT2D eigenvalue weighted by Crippen LogP contribution is -2.28. The SMILES string of the molecule is COC(=O)c1scc(C)c1S(=O)(=O)NCCC(C)O. The summed E-state index contributed by atoms with van der Waals surface area (Å²) >= 11 is 1.03. The van der Waals surface area contributed by atoms with Crippen molar-refractivity contribution in [2.45, 2.75) is 31.3 Å². The van der Waals surface area contributed by atoms with Crippen molar-refractivity contribution >= 4 is 27.3 Å². The number of rotatable bonds is 6. The lowest BCUT2D eigenvalue weighted by molar-refractivity contribution is 0.0602. The fourth-order valence-electron chi connectivity index (χ4n) is 1.48. The Morgan fingerprint density at radius 1 is 1.58 bits per heavy atom. The van der Waals surface area contributed by atoms with Gasteiger partial charge >= 0.3 is 5.97 Å². The van der Waals surface area contributed by atoms with Gasteiger partial charge in [-0.15, -0.1) is 11.3 Å². The molecule has 8 heteroatoms. The second kappa shape index (κ2) is 6.47. The standard InChI is InChI=1S/C11H17NO5S2/c1-7-6-18-9(11(14)17-3)10(7)19(15,16)12-5-4-8(2)13/h6,8,12-13H,4-5H2,1-3H3. The molecular formula is C11H17NO5S2. The van der Waals surface area contributed by atoms with Crippen molar-refractivity contribution in [3.8, 4) is 0 Å². The van der Waals surface area contributed by atoms with Crippen LogP contribution in [0.15, 0.2) is 10.3 Å². The number of ether oxygens (including phenoxy) is 1. The fraction of sp³-hybridized carbons (Fsp3) is 0.545. The number of methoxy groups -OCH3 is 1. The molecule has 1 aromatic heterocycles. The molecule has 1 heterocycles. The number of aliphatic hydroxyl groups excluding tert-OH is 1. The second-order valence-electron chi connectivity index (χ2n) is 4.10. The number of hydrogen-bond donors (Lipinski definition) is 2. The Kier molecular flexibility index (Phi) is 5.48. The molecule has 0 amide bonds. The number of carbonyl (C=O) groups is 1. The van der Waals surface area contributed by atoms with Crippen LogP contribution in [0.3, 0.4) is 0 Å². The molecule has 6 nitrogen and oxygen atoms in total. The summed E-state index contributed by atoms with van der Waals surface area (Å²) in [5, 5.41) is 10.7. The van der Waals surface area contributed by atoms with Gasteiger partial charge in [0, 0.05) is 6.54 Å². The summed E-state index contributed by atoms with van der Waals surface area (Å²) in [4.78, 5) is 11.5. The van der Waals surface area contributed by atoms with E-state index >= 15 is 0 Å². The molecule has 108 valence electrons. The van der Waals surface area contributed by atoms with Crippen molar-refractivity contribution in [1.82, 2.24) is 4.72 Å². The molecule has 19 heavy (non-hydrogen) atoms. The van der Waals surface area contributed by atoms with E-state index in [1.54, 1.807) is 19.2 Å². The van der Waals surface area contributed by atoms with Crippen LogP contribution in [-0.2, 0) is 14.8 Å². The van der Waals surface area contributed by atoms with Crippen LogP contribution in [-0.4, -0.2) is 39.3 Å². The Morgan fingerprint density at radius 3 is 2.74 bits per heavy atom. The summed E-state index contributed by atoms with van der Waals surface area (Å²) in [6.45, 7) is 3.30.